The Balaban J connectivity index is 2.05. The van der Waals surface area contributed by atoms with E-state index in [1.54, 1.807) is 30.2 Å². The van der Waals surface area contributed by atoms with E-state index in [4.69, 9.17) is 4.74 Å². The van der Waals surface area contributed by atoms with E-state index in [0.717, 1.165) is 17.7 Å². The van der Waals surface area contributed by atoms with Gasteiger partial charge in [-0.1, -0.05) is 63.3 Å². The minimum atomic E-state index is -0.576. The number of nitrogens with zero attached hydrogens (tertiary/aromatic N) is 1. The first-order valence-corrected chi connectivity index (χ1v) is 9.89. The molecule has 0 fully saturated rings. The Morgan fingerprint density at radius 2 is 1.79 bits per heavy atom. The topological polar surface area (TPSA) is 58.6 Å². The van der Waals surface area contributed by atoms with E-state index >= 15 is 0 Å². The number of carbonyl (C=O) groups is 2. The van der Waals surface area contributed by atoms with E-state index in [2.05, 4.69) is 11.9 Å². The monoisotopic (exact) mass is 394 g/mol. The number of hydrogen-bond acceptors (Lipinski definition) is 3. The van der Waals surface area contributed by atoms with Gasteiger partial charge >= 0.3 is 0 Å². The SMILES string of the molecule is C=CCOc1ccc(CN(C)C(=O)[C@@H](NC(=O)c2ccccc2)[C@@H](C)CC)cc1. The van der Waals surface area contributed by atoms with Crippen molar-refractivity contribution in [1.82, 2.24) is 10.2 Å². The Morgan fingerprint density at radius 1 is 1.14 bits per heavy atom. The number of likely N-dealkylation sites (N-methyl/N-ethyl adjacent to an activating group) is 1. The van der Waals surface area contributed by atoms with Crippen molar-refractivity contribution in [2.75, 3.05) is 13.7 Å². The number of carbonyl (C=O) groups excluding carboxylic acids is 2. The maximum atomic E-state index is 13.1. The average molecular weight is 395 g/mol. The molecule has 5 heteroatoms. The quantitative estimate of drug-likeness (QED) is 0.619. The second kappa shape index (κ2) is 11.1. The molecule has 0 aliphatic rings. The molecule has 29 heavy (non-hydrogen) atoms. The van der Waals surface area contributed by atoms with Gasteiger partial charge in [0.1, 0.15) is 18.4 Å². The highest BCUT2D eigenvalue weighted by Crippen LogP contribution is 2.16. The number of benzene rings is 2. The van der Waals surface area contributed by atoms with Crippen LogP contribution in [-0.4, -0.2) is 36.4 Å². The first kappa shape index (κ1) is 22.2. The maximum Gasteiger partial charge on any atom is 0.251 e. The van der Waals surface area contributed by atoms with Crippen molar-refractivity contribution in [1.29, 1.82) is 0 Å². The van der Waals surface area contributed by atoms with Crippen LogP contribution in [0.2, 0.25) is 0 Å². The molecule has 1 N–H and O–H groups in total. The minimum absolute atomic E-state index is 0.0206. The molecule has 0 heterocycles. The van der Waals surface area contributed by atoms with Crippen LogP contribution in [0.25, 0.3) is 0 Å². The summed E-state index contributed by atoms with van der Waals surface area (Å²) in [7, 11) is 1.76. The third-order valence-corrected chi connectivity index (χ3v) is 4.89. The second-order valence-corrected chi connectivity index (χ2v) is 7.14. The first-order chi connectivity index (χ1) is 14.0. The van der Waals surface area contributed by atoms with Crippen molar-refractivity contribution in [2.24, 2.45) is 5.92 Å². The summed E-state index contributed by atoms with van der Waals surface area (Å²) in [5, 5.41) is 2.92. The Morgan fingerprint density at radius 3 is 2.38 bits per heavy atom. The van der Waals surface area contributed by atoms with Crippen LogP contribution in [0, 0.1) is 5.92 Å². The zero-order valence-electron chi connectivity index (χ0n) is 17.4. The lowest BCUT2D eigenvalue weighted by Crippen LogP contribution is -2.50. The highest BCUT2D eigenvalue weighted by atomic mass is 16.5. The summed E-state index contributed by atoms with van der Waals surface area (Å²) in [4.78, 5) is 27.3. The van der Waals surface area contributed by atoms with Gasteiger partial charge in [-0.3, -0.25) is 9.59 Å². The molecule has 0 radical (unpaired) electrons. The van der Waals surface area contributed by atoms with Crippen LogP contribution in [0.15, 0.2) is 67.3 Å². The first-order valence-electron chi connectivity index (χ1n) is 9.89. The third kappa shape index (κ3) is 6.49. The van der Waals surface area contributed by atoms with Gasteiger partial charge in [0.2, 0.25) is 5.91 Å². The fourth-order valence-corrected chi connectivity index (χ4v) is 2.93. The lowest BCUT2D eigenvalue weighted by Gasteiger charge is -2.28. The number of nitrogens with one attached hydrogen (secondary N) is 1. The van der Waals surface area contributed by atoms with Crippen molar-refractivity contribution in [3.8, 4) is 5.75 Å². The molecule has 2 aromatic rings. The Labute approximate surface area is 173 Å². The van der Waals surface area contributed by atoms with Gasteiger partial charge in [0.15, 0.2) is 0 Å². The van der Waals surface area contributed by atoms with Crippen LogP contribution in [0.1, 0.15) is 36.2 Å². The van der Waals surface area contributed by atoms with E-state index in [9.17, 15) is 9.59 Å². The molecule has 0 saturated carbocycles. The molecule has 0 aliphatic carbocycles. The number of rotatable bonds is 10. The summed E-state index contributed by atoms with van der Waals surface area (Å²) in [6.45, 7) is 8.53. The van der Waals surface area contributed by atoms with Crippen molar-refractivity contribution < 1.29 is 14.3 Å². The van der Waals surface area contributed by atoms with Crippen LogP contribution in [0.3, 0.4) is 0 Å². The molecule has 0 bridgehead atoms. The molecule has 2 atom stereocenters. The van der Waals surface area contributed by atoms with Gasteiger partial charge in [0.05, 0.1) is 0 Å². The smallest absolute Gasteiger partial charge is 0.251 e. The summed E-state index contributed by atoms with van der Waals surface area (Å²) < 4.78 is 5.49. The summed E-state index contributed by atoms with van der Waals surface area (Å²) in [5.41, 5.74) is 1.54. The normalized spacial score (nSPS) is 12.5. The zero-order chi connectivity index (χ0) is 21.2. The van der Waals surface area contributed by atoms with Gasteiger partial charge < -0.3 is 15.0 Å². The largest absolute Gasteiger partial charge is 0.490 e. The van der Waals surface area contributed by atoms with E-state index in [-0.39, 0.29) is 17.7 Å². The number of amides is 2. The van der Waals surface area contributed by atoms with Crippen molar-refractivity contribution >= 4 is 11.8 Å². The maximum absolute atomic E-state index is 13.1. The van der Waals surface area contributed by atoms with E-state index in [0.29, 0.717) is 18.7 Å². The van der Waals surface area contributed by atoms with Crippen LogP contribution < -0.4 is 10.1 Å². The van der Waals surface area contributed by atoms with Gasteiger partial charge in [0.25, 0.3) is 5.91 Å². The highest BCUT2D eigenvalue weighted by Gasteiger charge is 2.28. The van der Waals surface area contributed by atoms with Crippen molar-refractivity contribution in [2.45, 2.75) is 32.9 Å². The standard InChI is InChI=1S/C24H30N2O3/c1-5-16-29-21-14-12-19(13-15-21)17-26(4)24(28)22(18(3)6-2)25-23(27)20-10-8-7-9-11-20/h5,7-15,18,22H,1,6,16-17H2,2-4H3,(H,25,27)/t18-,22-/m0/s1. The van der Waals surface area contributed by atoms with Crippen molar-refractivity contribution in [3.63, 3.8) is 0 Å². The van der Waals surface area contributed by atoms with E-state index < -0.39 is 6.04 Å². The average Bonchev–Trinajstić information content (AvgIpc) is 2.76. The molecular formula is C24H30N2O3. The summed E-state index contributed by atoms with van der Waals surface area (Å²) in [5.74, 6) is 0.444. The summed E-state index contributed by atoms with van der Waals surface area (Å²) in [6, 6.07) is 16.0. The second-order valence-electron chi connectivity index (χ2n) is 7.14. The Kier molecular flexibility index (Phi) is 8.46. The molecule has 154 valence electrons. The molecule has 2 aromatic carbocycles. The van der Waals surface area contributed by atoms with Crippen LogP contribution in [-0.2, 0) is 11.3 Å². The molecule has 0 saturated heterocycles. The lowest BCUT2D eigenvalue weighted by atomic mass is 9.97. The Bertz CT molecular complexity index is 803. The molecule has 2 amide bonds. The number of hydrogen-bond donors (Lipinski definition) is 1. The predicted octanol–water partition coefficient (Wildman–Crippen LogP) is 4.05. The fourth-order valence-electron chi connectivity index (χ4n) is 2.93. The zero-order valence-corrected chi connectivity index (χ0v) is 17.4. The van der Waals surface area contributed by atoms with Gasteiger partial charge in [-0.25, -0.2) is 0 Å². The van der Waals surface area contributed by atoms with Crippen LogP contribution >= 0.6 is 0 Å². The molecule has 2 rings (SSSR count). The van der Waals surface area contributed by atoms with Gasteiger partial charge in [-0.05, 0) is 35.7 Å². The van der Waals surface area contributed by atoms with Crippen LogP contribution in [0.5, 0.6) is 5.75 Å². The molecule has 0 unspecified atom stereocenters. The minimum Gasteiger partial charge on any atom is -0.490 e. The molecule has 0 aromatic heterocycles. The van der Waals surface area contributed by atoms with Gasteiger partial charge in [-0.15, -0.1) is 0 Å². The molecular weight excluding hydrogens is 364 g/mol. The summed E-state index contributed by atoms with van der Waals surface area (Å²) in [6.07, 6.45) is 2.48. The van der Waals surface area contributed by atoms with Gasteiger partial charge in [0, 0.05) is 19.2 Å². The van der Waals surface area contributed by atoms with Gasteiger partial charge in [-0.2, -0.15) is 0 Å². The Hall–Kier alpha value is -3.08. The van der Waals surface area contributed by atoms with E-state index in [1.165, 1.54) is 0 Å². The number of ether oxygens (including phenoxy) is 1. The fraction of sp³-hybridized carbons (Fsp3) is 0.333. The third-order valence-electron chi connectivity index (χ3n) is 4.89. The molecule has 5 nitrogen and oxygen atoms in total. The summed E-state index contributed by atoms with van der Waals surface area (Å²) >= 11 is 0. The molecule has 0 aliphatic heterocycles. The highest BCUT2D eigenvalue weighted by molar-refractivity contribution is 5.97. The van der Waals surface area contributed by atoms with E-state index in [1.807, 2.05) is 56.3 Å². The lowest BCUT2D eigenvalue weighted by molar-refractivity contribution is -0.133. The molecule has 0 spiro atoms. The predicted molar refractivity (Wildman–Crippen MR) is 116 cm³/mol. The van der Waals surface area contributed by atoms with Crippen molar-refractivity contribution in [3.05, 3.63) is 78.4 Å². The van der Waals surface area contributed by atoms with Crippen LogP contribution in [0.4, 0.5) is 0 Å².